The predicted octanol–water partition coefficient (Wildman–Crippen LogP) is 3.54. The van der Waals surface area contributed by atoms with Crippen molar-refractivity contribution in [2.75, 3.05) is 0 Å². The van der Waals surface area contributed by atoms with Crippen LogP contribution in [0.25, 0.3) is 0 Å². The Balaban J connectivity index is 2.96. The highest BCUT2D eigenvalue weighted by atomic mass is 35.5. The van der Waals surface area contributed by atoms with E-state index in [2.05, 4.69) is 6.92 Å². The molecule has 0 aromatic heterocycles. The van der Waals surface area contributed by atoms with Gasteiger partial charge in [-0.05, 0) is 38.5 Å². The predicted molar refractivity (Wildman–Crippen MR) is 72.3 cm³/mol. The maximum Gasteiger partial charge on any atom is 0.138 e. The second-order valence-electron chi connectivity index (χ2n) is 4.22. The Kier molecular flexibility index (Phi) is 4.16. The Labute approximate surface area is 107 Å². The van der Waals surface area contributed by atoms with Crippen LogP contribution in [0, 0.1) is 0 Å². The molecule has 4 heteroatoms. The smallest absolute Gasteiger partial charge is 0.138 e. The first-order chi connectivity index (χ1) is 7.35. The van der Waals surface area contributed by atoms with Crippen LogP contribution in [0.4, 0.5) is 0 Å². The zero-order valence-corrected chi connectivity index (χ0v) is 11.3. The first-order valence-corrected chi connectivity index (χ1v) is 5.92. The van der Waals surface area contributed by atoms with E-state index in [1.807, 2.05) is 19.9 Å². The Morgan fingerprint density at radius 1 is 1.50 bits per heavy atom. The third-order valence-electron chi connectivity index (χ3n) is 2.45. The van der Waals surface area contributed by atoms with E-state index in [9.17, 15) is 0 Å². The van der Waals surface area contributed by atoms with Crippen LogP contribution in [0.5, 0.6) is 5.75 Å². The highest BCUT2D eigenvalue weighted by Gasteiger charge is 2.18. The number of nitrogens with two attached hydrogens (primary N) is 1. The fourth-order valence-corrected chi connectivity index (χ4v) is 1.45. The minimum atomic E-state index is -0.228. The van der Waals surface area contributed by atoms with Gasteiger partial charge < -0.3 is 10.5 Å². The van der Waals surface area contributed by atoms with Crippen molar-refractivity contribution in [2.24, 2.45) is 5.73 Å². The molecule has 0 saturated heterocycles. The molecule has 2 N–H and O–H groups in total. The molecule has 0 unspecified atom stereocenters. The van der Waals surface area contributed by atoms with Gasteiger partial charge in [0.15, 0.2) is 0 Å². The lowest BCUT2D eigenvalue weighted by atomic mass is 10.1. The number of ether oxygens (including phenoxy) is 1. The summed E-state index contributed by atoms with van der Waals surface area (Å²) < 4.78 is 5.80. The molecule has 0 atom stereocenters. The largest absolute Gasteiger partial charge is 0.486 e. The summed E-state index contributed by atoms with van der Waals surface area (Å²) in [6, 6.07) is 5.34. The molecular formula is C12H16ClNOS. The third-order valence-corrected chi connectivity index (χ3v) is 2.99. The van der Waals surface area contributed by atoms with Crippen LogP contribution in [-0.4, -0.2) is 10.6 Å². The van der Waals surface area contributed by atoms with Crippen molar-refractivity contribution in [2.45, 2.75) is 32.8 Å². The van der Waals surface area contributed by atoms with Gasteiger partial charge in [0.25, 0.3) is 0 Å². The minimum absolute atomic E-state index is 0.228. The van der Waals surface area contributed by atoms with Crippen molar-refractivity contribution >= 4 is 28.8 Å². The fraction of sp³-hybridized carbons (Fsp3) is 0.417. The molecule has 1 aromatic rings. The zero-order chi connectivity index (χ0) is 12.3. The maximum atomic E-state index is 6.10. The molecule has 0 spiro atoms. The number of hydrogen-bond acceptors (Lipinski definition) is 2. The van der Waals surface area contributed by atoms with Gasteiger partial charge in [0.2, 0.25) is 0 Å². The first-order valence-electron chi connectivity index (χ1n) is 5.14. The summed E-state index contributed by atoms with van der Waals surface area (Å²) in [7, 11) is 0. The second kappa shape index (κ2) is 5.02. The Hall–Kier alpha value is -0.800. The molecule has 0 aliphatic rings. The summed E-state index contributed by atoms with van der Waals surface area (Å²) >= 11 is 11.0. The van der Waals surface area contributed by atoms with E-state index in [1.54, 1.807) is 12.1 Å². The summed E-state index contributed by atoms with van der Waals surface area (Å²) in [6.07, 6.45) is 0.903. The van der Waals surface area contributed by atoms with E-state index in [0.29, 0.717) is 15.8 Å². The van der Waals surface area contributed by atoms with Crippen molar-refractivity contribution in [3.05, 3.63) is 28.8 Å². The standard InChI is InChI=1S/C12H16ClNOS/c1-4-12(2,3)15-10-6-5-8(11(14)16)7-9(10)13/h5-7H,4H2,1-3H3,(H2,14,16). The van der Waals surface area contributed by atoms with Crippen LogP contribution >= 0.6 is 23.8 Å². The van der Waals surface area contributed by atoms with E-state index in [4.69, 9.17) is 34.3 Å². The molecule has 0 aliphatic carbocycles. The summed E-state index contributed by atoms with van der Waals surface area (Å²) in [6.45, 7) is 6.10. The van der Waals surface area contributed by atoms with Crippen LogP contribution in [0.2, 0.25) is 5.02 Å². The van der Waals surface area contributed by atoms with E-state index in [1.165, 1.54) is 0 Å². The molecular weight excluding hydrogens is 242 g/mol. The van der Waals surface area contributed by atoms with Gasteiger partial charge in [-0.2, -0.15) is 0 Å². The van der Waals surface area contributed by atoms with Gasteiger partial charge in [0.1, 0.15) is 16.3 Å². The van der Waals surface area contributed by atoms with Gasteiger partial charge in [-0.3, -0.25) is 0 Å². The number of halogens is 1. The van der Waals surface area contributed by atoms with Gasteiger partial charge in [0, 0.05) is 5.56 Å². The zero-order valence-electron chi connectivity index (χ0n) is 9.71. The van der Waals surface area contributed by atoms with Crippen LogP contribution in [-0.2, 0) is 0 Å². The normalized spacial score (nSPS) is 11.2. The Bertz CT molecular complexity index is 404. The minimum Gasteiger partial charge on any atom is -0.486 e. The Morgan fingerprint density at radius 3 is 2.56 bits per heavy atom. The summed E-state index contributed by atoms with van der Waals surface area (Å²) in [5, 5.41) is 0.534. The highest BCUT2D eigenvalue weighted by molar-refractivity contribution is 7.80. The molecule has 0 aliphatic heterocycles. The second-order valence-corrected chi connectivity index (χ2v) is 5.07. The van der Waals surface area contributed by atoms with Gasteiger partial charge in [0.05, 0.1) is 5.02 Å². The lowest BCUT2D eigenvalue weighted by Gasteiger charge is -2.25. The van der Waals surface area contributed by atoms with E-state index in [0.717, 1.165) is 12.0 Å². The maximum absolute atomic E-state index is 6.10. The molecule has 0 heterocycles. The topological polar surface area (TPSA) is 35.2 Å². The SMILES string of the molecule is CCC(C)(C)Oc1ccc(C(N)=S)cc1Cl. The lowest BCUT2D eigenvalue weighted by Crippen LogP contribution is -2.27. The van der Waals surface area contributed by atoms with Crippen molar-refractivity contribution in [3.63, 3.8) is 0 Å². The average Bonchev–Trinajstić information content (AvgIpc) is 2.20. The average molecular weight is 258 g/mol. The summed E-state index contributed by atoms with van der Waals surface area (Å²) in [5.74, 6) is 0.661. The van der Waals surface area contributed by atoms with Gasteiger partial charge >= 0.3 is 0 Å². The number of hydrogen-bond donors (Lipinski definition) is 1. The quantitative estimate of drug-likeness (QED) is 0.838. The Morgan fingerprint density at radius 2 is 2.12 bits per heavy atom. The number of benzene rings is 1. The molecule has 1 aromatic carbocycles. The molecule has 0 saturated carbocycles. The molecule has 88 valence electrons. The lowest BCUT2D eigenvalue weighted by molar-refractivity contribution is 0.105. The molecule has 0 amide bonds. The van der Waals surface area contributed by atoms with Crippen LogP contribution in [0.15, 0.2) is 18.2 Å². The molecule has 0 fully saturated rings. The molecule has 0 radical (unpaired) electrons. The van der Waals surface area contributed by atoms with Gasteiger partial charge in [-0.1, -0.05) is 30.7 Å². The third kappa shape index (κ3) is 3.35. The summed E-state index contributed by atoms with van der Waals surface area (Å²) in [4.78, 5) is 0.336. The van der Waals surface area contributed by atoms with Gasteiger partial charge in [-0.25, -0.2) is 0 Å². The first kappa shape index (κ1) is 13.3. The molecule has 1 rings (SSSR count). The fourth-order valence-electron chi connectivity index (χ4n) is 1.11. The molecule has 0 bridgehead atoms. The van der Waals surface area contributed by atoms with Crippen LogP contribution in [0.3, 0.4) is 0 Å². The van der Waals surface area contributed by atoms with Crippen molar-refractivity contribution in [3.8, 4) is 5.75 Å². The van der Waals surface area contributed by atoms with E-state index in [-0.39, 0.29) is 5.60 Å². The monoisotopic (exact) mass is 257 g/mol. The van der Waals surface area contributed by atoms with Crippen molar-refractivity contribution in [1.82, 2.24) is 0 Å². The van der Waals surface area contributed by atoms with Crippen LogP contribution in [0.1, 0.15) is 32.8 Å². The summed E-state index contributed by atoms with van der Waals surface area (Å²) in [5.41, 5.74) is 6.04. The molecule has 16 heavy (non-hydrogen) atoms. The van der Waals surface area contributed by atoms with E-state index >= 15 is 0 Å². The number of rotatable bonds is 4. The van der Waals surface area contributed by atoms with Crippen molar-refractivity contribution < 1.29 is 4.74 Å². The van der Waals surface area contributed by atoms with Gasteiger partial charge in [-0.15, -0.1) is 0 Å². The highest BCUT2D eigenvalue weighted by Crippen LogP contribution is 2.29. The molecule has 2 nitrogen and oxygen atoms in total. The van der Waals surface area contributed by atoms with E-state index < -0.39 is 0 Å². The van der Waals surface area contributed by atoms with Crippen LogP contribution < -0.4 is 10.5 Å². The van der Waals surface area contributed by atoms with Crippen molar-refractivity contribution in [1.29, 1.82) is 0 Å². The number of thiocarbonyl (C=S) groups is 1.